The van der Waals surface area contributed by atoms with E-state index in [9.17, 15) is 9.59 Å². The number of methoxy groups -OCH3 is 1. The van der Waals surface area contributed by atoms with Gasteiger partial charge in [-0.15, -0.1) is 0 Å². The Morgan fingerprint density at radius 2 is 1.96 bits per heavy atom. The normalized spacial score (nSPS) is 20.8. The van der Waals surface area contributed by atoms with Crippen LogP contribution >= 0.6 is 0 Å². The average Bonchev–Trinajstić information content (AvgIpc) is 2.73. The molecule has 2 aromatic carbocycles. The lowest BCUT2D eigenvalue weighted by atomic mass is 9.99. The van der Waals surface area contributed by atoms with Gasteiger partial charge >= 0.3 is 0 Å². The number of hydrogen-bond donors (Lipinski definition) is 1. The molecule has 0 spiro atoms. The molecule has 27 heavy (non-hydrogen) atoms. The largest absolute Gasteiger partial charge is 0.496 e. The van der Waals surface area contributed by atoms with Crippen LogP contribution in [0.3, 0.4) is 0 Å². The predicted octanol–water partition coefficient (Wildman–Crippen LogP) is 1.88. The highest BCUT2D eigenvalue weighted by molar-refractivity contribution is 6.08. The lowest BCUT2D eigenvalue weighted by Crippen LogP contribution is -2.57. The van der Waals surface area contributed by atoms with Gasteiger partial charge in [0.25, 0.3) is 5.91 Å². The summed E-state index contributed by atoms with van der Waals surface area (Å²) in [6.07, 6.45) is 1.88. The van der Waals surface area contributed by atoms with Crippen LogP contribution in [-0.4, -0.2) is 67.5 Å². The first-order chi connectivity index (χ1) is 13.2. The summed E-state index contributed by atoms with van der Waals surface area (Å²) in [5.41, 5.74) is 0.693. The van der Waals surface area contributed by atoms with Crippen LogP contribution in [0.4, 0.5) is 0 Å². The Labute approximate surface area is 159 Å². The number of benzene rings is 2. The Kier molecular flexibility index (Phi) is 4.99. The minimum atomic E-state index is 0.0288. The summed E-state index contributed by atoms with van der Waals surface area (Å²) in [6.45, 7) is 3.27. The molecule has 2 amide bonds. The molecule has 0 saturated carbocycles. The number of hydrogen-bond acceptors (Lipinski definition) is 4. The summed E-state index contributed by atoms with van der Waals surface area (Å²) in [5.74, 6) is 0.932. The molecule has 0 aliphatic carbocycles. The Hall–Kier alpha value is -2.60. The summed E-state index contributed by atoms with van der Waals surface area (Å²) in [6, 6.07) is 11.7. The van der Waals surface area contributed by atoms with Gasteiger partial charge in [-0.1, -0.05) is 24.3 Å². The van der Waals surface area contributed by atoms with Gasteiger partial charge in [0.1, 0.15) is 5.75 Å². The predicted molar refractivity (Wildman–Crippen MR) is 104 cm³/mol. The molecule has 1 unspecified atom stereocenters. The maximum atomic E-state index is 13.3. The number of ether oxygens (including phenoxy) is 1. The third-order valence-electron chi connectivity index (χ3n) is 5.58. The zero-order chi connectivity index (χ0) is 18.8. The van der Waals surface area contributed by atoms with Gasteiger partial charge in [-0.2, -0.15) is 0 Å². The van der Waals surface area contributed by atoms with Crippen LogP contribution in [0.5, 0.6) is 5.75 Å². The van der Waals surface area contributed by atoms with Crippen molar-refractivity contribution in [1.82, 2.24) is 15.1 Å². The van der Waals surface area contributed by atoms with Gasteiger partial charge in [-0.05, 0) is 30.4 Å². The summed E-state index contributed by atoms with van der Waals surface area (Å²) in [5, 5.41) is 4.96. The third kappa shape index (κ3) is 3.37. The van der Waals surface area contributed by atoms with E-state index in [0.717, 1.165) is 49.0 Å². The fraction of sp³-hybridized carbons (Fsp3) is 0.429. The number of nitrogens with one attached hydrogen (secondary N) is 1. The molecule has 1 atom stereocenters. The molecule has 6 heteroatoms. The van der Waals surface area contributed by atoms with Gasteiger partial charge < -0.3 is 19.9 Å². The van der Waals surface area contributed by atoms with E-state index in [-0.39, 0.29) is 17.9 Å². The first-order valence-electron chi connectivity index (χ1n) is 9.54. The standard InChI is InChI=1S/C21H25N3O3/c1-27-19-9-8-18(16-6-2-3-7-17(16)19)21(26)23-11-4-5-15(14-23)24-12-10-22-13-20(24)25/h2-3,6-9,15,22H,4-5,10-14H2,1H3. The molecule has 6 nitrogen and oxygen atoms in total. The number of nitrogens with zero attached hydrogens (tertiary/aromatic N) is 2. The number of amides is 2. The number of piperazine rings is 1. The van der Waals surface area contributed by atoms with Crippen molar-refractivity contribution in [3.63, 3.8) is 0 Å². The quantitative estimate of drug-likeness (QED) is 0.900. The van der Waals surface area contributed by atoms with Crippen LogP contribution in [0, 0.1) is 0 Å². The van der Waals surface area contributed by atoms with Gasteiger partial charge in [-0.3, -0.25) is 9.59 Å². The number of carbonyl (C=O) groups is 2. The minimum absolute atomic E-state index is 0.0288. The summed E-state index contributed by atoms with van der Waals surface area (Å²) >= 11 is 0. The lowest BCUT2D eigenvalue weighted by Gasteiger charge is -2.41. The highest BCUT2D eigenvalue weighted by Gasteiger charge is 2.32. The first-order valence-corrected chi connectivity index (χ1v) is 9.54. The summed E-state index contributed by atoms with van der Waals surface area (Å²) < 4.78 is 5.44. The zero-order valence-electron chi connectivity index (χ0n) is 15.6. The molecular formula is C21H25N3O3. The SMILES string of the molecule is COc1ccc(C(=O)N2CCCC(N3CCNCC3=O)C2)c2ccccc12. The van der Waals surface area contributed by atoms with Crippen molar-refractivity contribution in [2.24, 2.45) is 0 Å². The molecule has 2 heterocycles. The van der Waals surface area contributed by atoms with E-state index in [1.54, 1.807) is 7.11 Å². The van der Waals surface area contributed by atoms with Crippen molar-refractivity contribution in [2.45, 2.75) is 18.9 Å². The molecule has 2 aliphatic heterocycles. The highest BCUT2D eigenvalue weighted by atomic mass is 16.5. The molecule has 4 rings (SSSR count). The topological polar surface area (TPSA) is 61.9 Å². The Morgan fingerprint density at radius 3 is 2.74 bits per heavy atom. The van der Waals surface area contributed by atoms with Crippen molar-refractivity contribution in [3.05, 3.63) is 42.0 Å². The van der Waals surface area contributed by atoms with Gasteiger partial charge in [0.2, 0.25) is 5.91 Å². The van der Waals surface area contributed by atoms with Crippen LogP contribution in [0.25, 0.3) is 10.8 Å². The van der Waals surface area contributed by atoms with E-state index in [1.807, 2.05) is 46.2 Å². The van der Waals surface area contributed by atoms with Gasteiger partial charge in [0.15, 0.2) is 0 Å². The second-order valence-corrected chi connectivity index (χ2v) is 7.17. The Morgan fingerprint density at radius 1 is 1.15 bits per heavy atom. The van der Waals surface area contributed by atoms with E-state index in [1.165, 1.54) is 0 Å². The molecule has 2 saturated heterocycles. The zero-order valence-corrected chi connectivity index (χ0v) is 15.6. The fourth-order valence-electron chi connectivity index (χ4n) is 4.21. The van der Waals surface area contributed by atoms with Gasteiger partial charge in [0, 0.05) is 43.2 Å². The second kappa shape index (κ2) is 7.56. The van der Waals surface area contributed by atoms with Crippen LogP contribution in [-0.2, 0) is 4.79 Å². The Bertz CT molecular complexity index is 867. The van der Waals surface area contributed by atoms with Crippen molar-refractivity contribution < 1.29 is 14.3 Å². The molecule has 142 valence electrons. The number of likely N-dealkylation sites (tertiary alicyclic amines) is 1. The van der Waals surface area contributed by atoms with E-state index in [2.05, 4.69) is 5.32 Å². The van der Waals surface area contributed by atoms with E-state index >= 15 is 0 Å². The van der Waals surface area contributed by atoms with Crippen LogP contribution in [0.15, 0.2) is 36.4 Å². The molecule has 2 aliphatic rings. The third-order valence-corrected chi connectivity index (χ3v) is 5.58. The molecular weight excluding hydrogens is 342 g/mol. The van der Waals surface area contributed by atoms with Crippen molar-refractivity contribution in [3.8, 4) is 5.75 Å². The molecule has 0 aromatic heterocycles. The maximum Gasteiger partial charge on any atom is 0.254 e. The lowest BCUT2D eigenvalue weighted by molar-refractivity contribution is -0.135. The van der Waals surface area contributed by atoms with Crippen LogP contribution in [0.1, 0.15) is 23.2 Å². The number of rotatable bonds is 3. The fourth-order valence-corrected chi connectivity index (χ4v) is 4.21. The molecule has 2 aromatic rings. The molecule has 0 bridgehead atoms. The minimum Gasteiger partial charge on any atom is -0.496 e. The number of carbonyl (C=O) groups excluding carboxylic acids is 2. The number of piperidine rings is 1. The van der Waals surface area contributed by atoms with Gasteiger partial charge in [-0.25, -0.2) is 0 Å². The van der Waals surface area contributed by atoms with E-state index in [0.29, 0.717) is 18.7 Å². The number of fused-ring (bicyclic) bond motifs is 1. The monoisotopic (exact) mass is 367 g/mol. The van der Waals surface area contributed by atoms with Crippen molar-refractivity contribution >= 4 is 22.6 Å². The second-order valence-electron chi connectivity index (χ2n) is 7.17. The molecule has 1 N–H and O–H groups in total. The smallest absolute Gasteiger partial charge is 0.254 e. The maximum absolute atomic E-state index is 13.3. The highest BCUT2D eigenvalue weighted by Crippen LogP contribution is 2.30. The van der Waals surface area contributed by atoms with E-state index < -0.39 is 0 Å². The van der Waals surface area contributed by atoms with E-state index in [4.69, 9.17) is 4.74 Å². The summed E-state index contributed by atoms with van der Waals surface area (Å²) in [7, 11) is 1.64. The van der Waals surface area contributed by atoms with Crippen LogP contribution < -0.4 is 10.1 Å². The average molecular weight is 367 g/mol. The van der Waals surface area contributed by atoms with Crippen molar-refractivity contribution in [2.75, 3.05) is 39.8 Å². The van der Waals surface area contributed by atoms with Gasteiger partial charge in [0.05, 0.1) is 13.7 Å². The van der Waals surface area contributed by atoms with Crippen molar-refractivity contribution in [1.29, 1.82) is 0 Å². The molecule has 0 radical (unpaired) electrons. The molecule has 2 fully saturated rings. The Balaban J connectivity index is 1.59. The summed E-state index contributed by atoms with van der Waals surface area (Å²) in [4.78, 5) is 29.4. The van der Waals surface area contributed by atoms with Crippen LogP contribution in [0.2, 0.25) is 0 Å². The first kappa shape index (κ1) is 17.8.